The lowest BCUT2D eigenvalue weighted by atomic mass is 9.49. The van der Waals surface area contributed by atoms with Crippen molar-refractivity contribution in [2.45, 2.75) is 56.8 Å². The third-order valence-corrected chi connectivity index (χ3v) is 15.4. The second-order valence-corrected chi connectivity index (χ2v) is 17.8. The van der Waals surface area contributed by atoms with Crippen molar-refractivity contribution >= 4 is 17.1 Å². The zero-order valence-corrected chi connectivity index (χ0v) is 30.4. The molecule has 0 aliphatic heterocycles. The van der Waals surface area contributed by atoms with E-state index in [1.165, 1.54) is 76.9 Å². The van der Waals surface area contributed by atoms with Gasteiger partial charge in [0.25, 0.3) is 0 Å². The van der Waals surface area contributed by atoms with Crippen LogP contribution in [-0.2, 0) is 10.8 Å². The van der Waals surface area contributed by atoms with E-state index in [1.54, 1.807) is 11.1 Å². The molecule has 0 amide bonds. The molecule has 0 radical (unpaired) electrons. The summed E-state index contributed by atoms with van der Waals surface area (Å²) in [6.45, 7) is 4.75. The minimum absolute atomic E-state index is 0.0873. The van der Waals surface area contributed by atoms with Gasteiger partial charge in [-0.1, -0.05) is 98.8 Å². The average molecular weight is 683 g/mol. The highest BCUT2D eigenvalue weighted by Crippen LogP contribution is 2.83. The molecule has 12 rings (SSSR count). The summed E-state index contributed by atoms with van der Waals surface area (Å²) in [5.41, 5.74) is 18.8. The normalized spacial score (nSPS) is 28.1. The van der Waals surface area contributed by atoms with E-state index in [9.17, 15) is 5.26 Å². The van der Waals surface area contributed by atoms with Crippen molar-refractivity contribution in [3.63, 3.8) is 0 Å². The van der Waals surface area contributed by atoms with Gasteiger partial charge >= 0.3 is 0 Å². The molecule has 2 spiro atoms. The van der Waals surface area contributed by atoms with Gasteiger partial charge in [0.2, 0.25) is 0 Å². The van der Waals surface area contributed by atoms with Crippen LogP contribution >= 0.6 is 0 Å². The van der Waals surface area contributed by atoms with Gasteiger partial charge in [-0.15, -0.1) is 0 Å². The Bertz CT molecular complexity index is 2570. The molecule has 0 saturated heterocycles. The van der Waals surface area contributed by atoms with Crippen LogP contribution in [0, 0.1) is 40.4 Å². The standard InChI is InChI=1S/C51H42N2/c1-49(2)44-9-5-3-7-40(44)42-21-19-39(27-47(42)49)53(37-17-15-34(16-18-37)33-13-11-31(30-52)12-14-33)38-20-22-46-43(26-38)41-8-4-6-10-45(41)51(46)36-24-32-23-35-25-48(51)50(35,28-32)29-36/h3-22,26-27,32,35-36,48H,23-25,28-29H2,1-2H3. The van der Waals surface area contributed by atoms with Crippen molar-refractivity contribution in [2.24, 2.45) is 29.1 Å². The molecule has 0 aromatic heterocycles. The van der Waals surface area contributed by atoms with Crippen LogP contribution in [0.1, 0.15) is 73.8 Å². The summed E-state index contributed by atoms with van der Waals surface area (Å²) in [4.78, 5) is 2.49. The fourth-order valence-corrected chi connectivity index (χ4v) is 13.4. The molecular formula is C51H42N2. The van der Waals surface area contributed by atoms with E-state index in [4.69, 9.17) is 0 Å². The Hall–Kier alpha value is -5.39. The number of nitrogens with zero attached hydrogens (tertiary/aromatic N) is 2. The highest BCUT2D eigenvalue weighted by molar-refractivity contribution is 5.90. The Balaban J connectivity index is 1.03. The van der Waals surface area contributed by atoms with Gasteiger partial charge in [0, 0.05) is 27.9 Å². The first-order valence-electron chi connectivity index (χ1n) is 19.8. The maximum Gasteiger partial charge on any atom is 0.0991 e. The average Bonchev–Trinajstić information content (AvgIpc) is 3.74. The van der Waals surface area contributed by atoms with Crippen LogP contribution in [-0.4, -0.2) is 0 Å². The van der Waals surface area contributed by atoms with Crippen LogP contribution in [0.2, 0.25) is 0 Å². The van der Waals surface area contributed by atoms with Crippen molar-refractivity contribution in [1.82, 2.24) is 0 Å². The Morgan fingerprint density at radius 2 is 1.15 bits per heavy atom. The largest absolute Gasteiger partial charge is 0.310 e. The van der Waals surface area contributed by atoms with Crippen molar-refractivity contribution in [3.8, 4) is 39.4 Å². The zero-order chi connectivity index (χ0) is 35.3. The van der Waals surface area contributed by atoms with Crippen LogP contribution < -0.4 is 4.90 Å². The number of hydrogen-bond donors (Lipinski definition) is 0. The van der Waals surface area contributed by atoms with Gasteiger partial charge in [0.05, 0.1) is 11.6 Å². The number of nitriles is 1. The van der Waals surface area contributed by atoms with Gasteiger partial charge in [-0.3, -0.25) is 0 Å². The maximum absolute atomic E-state index is 9.35. The van der Waals surface area contributed by atoms with Crippen LogP contribution in [0.5, 0.6) is 0 Å². The predicted octanol–water partition coefficient (Wildman–Crippen LogP) is 12.7. The Morgan fingerprint density at radius 3 is 1.92 bits per heavy atom. The van der Waals surface area contributed by atoms with E-state index >= 15 is 0 Å². The van der Waals surface area contributed by atoms with Crippen LogP contribution in [0.3, 0.4) is 0 Å². The fraction of sp³-hybridized carbons (Fsp3) is 0.275. The zero-order valence-electron chi connectivity index (χ0n) is 30.4. The fourth-order valence-electron chi connectivity index (χ4n) is 13.4. The number of anilines is 3. The monoisotopic (exact) mass is 682 g/mol. The molecule has 2 nitrogen and oxygen atoms in total. The van der Waals surface area contributed by atoms with E-state index in [1.807, 2.05) is 24.3 Å². The molecule has 0 N–H and O–H groups in total. The van der Waals surface area contributed by atoms with Crippen molar-refractivity contribution in [2.75, 3.05) is 4.90 Å². The molecule has 0 heterocycles. The van der Waals surface area contributed by atoms with E-state index in [-0.39, 0.29) is 10.8 Å². The molecule has 6 unspecified atom stereocenters. The summed E-state index contributed by atoms with van der Waals surface area (Å²) in [7, 11) is 0. The number of hydrogen-bond acceptors (Lipinski definition) is 2. The van der Waals surface area contributed by atoms with E-state index in [0.717, 1.165) is 40.5 Å². The lowest BCUT2D eigenvalue weighted by Crippen LogP contribution is -2.50. The lowest BCUT2D eigenvalue weighted by molar-refractivity contribution is -0.0193. The first-order valence-corrected chi connectivity index (χ1v) is 19.8. The Labute approximate surface area is 312 Å². The third kappa shape index (κ3) is 3.69. The molecule has 6 aliphatic rings. The van der Waals surface area contributed by atoms with Crippen LogP contribution in [0.4, 0.5) is 17.1 Å². The van der Waals surface area contributed by atoms with Gasteiger partial charge in [-0.05, 0) is 165 Å². The summed E-state index contributed by atoms with van der Waals surface area (Å²) in [6.07, 6.45) is 7.27. The van der Waals surface area contributed by atoms with E-state index in [2.05, 4.69) is 134 Å². The van der Waals surface area contributed by atoms with Gasteiger partial charge in [0.15, 0.2) is 0 Å². The topological polar surface area (TPSA) is 27.0 Å². The number of fused-ring (bicyclic) bond motifs is 12. The molecule has 6 aromatic carbocycles. The third-order valence-electron chi connectivity index (χ3n) is 15.4. The molecule has 4 fully saturated rings. The first-order chi connectivity index (χ1) is 25.9. The highest BCUT2D eigenvalue weighted by atomic mass is 15.1. The smallest absolute Gasteiger partial charge is 0.0991 e. The molecular weight excluding hydrogens is 641 g/mol. The summed E-state index contributed by atoms with van der Waals surface area (Å²) < 4.78 is 0. The first kappa shape index (κ1) is 30.1. The SMILES string of the molecule is CC1(C)c2ccccc2-c2ccc(N(c3ccc(-c4ccc(C#N)cc4)cc3)c3ccc4c(c3)-c3ccccc3C43C4CC5CC6CC3C6(C5)C4)cc21. The number of rotatable bonds is 4. The van der Waals surface area contributed by atoms with Gasteiger partial charge in [-0.25, -0.2) is 0 Å². The summed E-state index contributed by atoms with van der Waals surface area (Å²) in [5, 5.41) is 9.35. The van der Waals surface area contributed by atoms with Crippen LogP contribution in [0.25, 0.3) is 33.4 Å². The molecule has 3 bridgehead atoms. The highest BCUT2D eigenvalue weighted by Gasteiger charge is 2.76. The second kappa shape index (κ2) is 10.2. The Kier molecular flexibility index (Phi) is 5.78. The van der Waals surface area contributed by atoms with Gasteiger partial charge in [-0.2, -0.15) is 5.26 Å². The second-order valence-electron chi connectivity index (χ2n) is 17.8. The molecule has 6 atom stereocenters. The minimum atomic E-state index is -0.0873. The predicted molar refractivity (Wildman–Crippen MR) is 215 cm³/mol. The summed E-state index contributed by atoms with van der Waals surface area (Å²) >= 11 is 0. The van der Waals surface area contributed by atoms with Crippen molar-refractivity contribution in [3.05, 3.63) is 161 Å². The van der Waals surface area contributed by atoms with Gasteiger partial charge in [0.1, 0.15) is 0 Å². The van der Waals surface area contributed by atoms with E-state index < -0.39 is 0 Å². The molecule has 4 saturated carbocycles. The quantitative estimate of drug-likeness (QED) is 0.185. The minimum Gasteiger partial charge on any atom is -0.310 e. The number of benzene rings is 6. The lowest BCUT2D eigenvalue weighted by Gasteiger charge is -2.54. The molecule has 256 valence electrons. The van der Waals surface area contributed by atoms with Gasteiger partial charge < -0.3 is 4.90 Å². The van der Waals surface area contributed by atoms with Crippen molar-refractivity contribution in [1.29, 1.82) is 5.26 Å². The van der Waals surface area contributed by atoms with Crippen molar-refractivity contribution < 1.29 is 0 Å². The maximum atomic E-state index is 9.35. The summed E-state index contributed by atoms with van der Waals surface area (Å²) in [5.74, 6) is 3.46. The molecule has 53 heavy (non-hydrogen) atoms. The van der Waals surface area contributed by atoms with Crippen LogP contribution in [0.15, 0.2) is 133 Å². The summed E-state index contributed by atoms with van der Waals surface area (Å²) in [6, 6.07) is 52.3. The van der Waals surface area contributed by atoms with E-state index in [0.29, 0.717) is 11.0 Å². The molecule has 2 heteroatoms. The molecule has 6 aromatic rings. The Morgan fingerprint density at radius 1 is 0.547 bits per heavy atom. The molecule has 6 aliphatic carbocycles.